The van der Waals surface area contributed by atoms with Gasteiger partial charge < -0.3 is 14.6 Å². The summed E-state index contributed by atoms with van der Waals surface area (Å²) in [5, 5.41) is 3.47. The third-order valence-electron chi connectivity index (χ3n) is 2.53. The fourth-order valence-electron chi connectivity index (χ4n) is 1.53. The summed E-state index contributed by atoms with van der Waals surface area (Å²) in [7, 11) is 0. The maximum atomic E-state index is 5.60. The molecule has 0 aliphatic carbocycles. The molecule has 4 nitrogen and oxygen atoms in total. The molecule has 1 aromatic rings. The van der Waals surface area contributed by atoms with Gasteiger partial charge in [-0.25, -0.2) is 4.98 Å². The lowest BCUT2D eigenvalue weighted by atomic mass is 10.1. The van der Waals surface area contributed by atoms with E-state index in [0.717, 1.165) is 26.3 Å². The smallest absolute Gasteiger partial charge is 0.0949 e. The van der Waals surface area contributed by atoms with E-state index in [1.54, 1.807) is 0 Å². The van der Waals surface area contributed by atoms with Crippen molar-refractivity contribution in [2.75, 3.05) is 13.2 Å². The average molecular weight is 253 g/mol. The Morgan fingerprint density at radius 2 is 2.11 bits per heavy atom. The first-order chi connectivity index (χ1) is 8.38. The zero-order valence-corrected chi connectivity index (χ0v) is 12.4. The minimum Gasteiger partial charge on any atom is -0.379 e. The maximum absolute atomic E-state index is 5.60. The van der Waals surface area contributed by atoms with Crippen LogP contribution in [0.3, 0.4) is 0 Å². The van der Waals surface area contributed by atoms with Gasteiger partial charge in [0, 0.05) is 31.4 Å². The molecule has 0 aliphatic heterocycles. The molecule has 18 heavy (non-hydrogen) atoms. The van der Waals surface area contributed by atoms with E-state index in [-0.39, 0.29) is 5.54 Å². The molecule has 0 bridgehead atoms. The number of nitrogens with one attached hydrogen (secondary N) is 1. The van der Waals surface area contributed by atoms with Crippen LogP contribution in [0.15, 0.2) is 12.5 Å². The third kappa shape index (κ3) is 6.17. The summed E-state index contributed by atoms with van der Waals surface area (Å²) in [6, 6.07) is 0. The fourth-order valence-corrected chi connectivity index (χ4v) is 1.53. The van der Waals surface area contributed by atoms with Crippen molar-refractivity contribution in [3.05, 3.63) is 18.2 Å². The van der Waals surface area contributed by atoms with E-state index in [9.17, 15) is 0 Å². The highest BCUT2D eigenvalue weighted by atomic mass is 16.5. The predicted molar refractivity (Wildman–Crippen MR) is 74.5 cm³/mol. The first kappa shape index (κ1) is 15.2. The Balaban J connectivity index is 2.35. The number of hydrogen-bond donors (Lipinski definition) is 1. The molecule has 0 unspecified atom stereocenters. The highest BCUT2D eigenvalue weighted by Crippen LogP contribution is 2.04. The summed E-state index contributed by atoms with van der Waals surface area (Å²) in [6.45, 7) is 14.1. The summed E-state index contributed by atoms with van der Waals surface area (Å²) in [4.78, 5) is 4.20. The van der Waals surface area contributed by atoms with E-state index in [2.05, 4.69) is 49.5 Å². The number of rotatable bonds is 7. The number of imidazole rings is 1. The average Bonchev–Trinajstić information content (AvgIpc) is 2.68. The van der Waals surface area contributed by atoms with Crippen LogP contribution in [0.1, 0.15) is 40.3 Å². The normalized spacial score (nSPS) is 12.3. The summed E-state index contributed by atoms with van der Waals surface area (Å²) in [5.41, 5.74) is 1.33. The molecule has 0 spiro atoms. The first-order valence-corrected chi connectivity index (χ1v) is 6.70. The van der Waals surface area contributed by atoms with Crippen LogP contribution >= 0.6 is 0 Å². The number of aromatic nitrogens is 2. The second-order valence-corrected chi connectivity index (χ2v) is 6.15. The lowest BCUT2D eigenvalue weighted by molar-refractivity contribution is 0.102. The summed E-state index contributed by atoms with van der Waals surface area (Å²) in [6.07, 6.45) is 3.79. The Bertz CT molecular complexity index is 339. The molecule has 0 atom stereocenters. The van der Waals surface area contributed by atoms with Gasteiger partial charge in [0.05, 0.1) is 18.6 Å². The Kier molecular flexibility index (Phi) is 5.82. The Morgan fingerprint density at radius 1 is 1.39 bits per heavy atom. The number of hydrogen-bond acceptors (Lipinski definition) is 3. The lowest BCUT2D eigenvalue weighted by Gasteiger charge is -2.21. The molecule has 1 heterocycles. The van der Waals surface area contributed by atoms with Gasteiger partial charge in [-0.15, -0.1) is 0 Å². The van der Waals surface area contributed by atoms with Gasteiger partial charge in [-0.05, 0) is 26.7 Å². The topological polar surface area (TPSA) is 39.1 Å². The van der Waals surface area contributed by atoms with E-state index in [4.69, 9.17) is 4.74 Å². The van der Waals surface area contributed by atoms with Gasteiger partial charge in [0.25, 0.3) is 0 Å². The van der Waals surface area contributed by atoms with E-state index >= 15 is 0 Å². The first-order valence-electron chi connectivity index (χ1n) is 6.70. The van der Waals surface area contributed by atoms with Gasteiger partial charge in [-0.3, -0.25) is 0 Å². The quantitative estimate of drug-likeness (QED) is 0.759. The highest BCUT2D eigenvalue weighted by Gasteiger charge is 2.10. The third-order valence-corrected chi connectivity index (χ3v) is 2.53. The van der Waals surface area contributed by atoms with Gasteiger partial charge in [-0.2, -0.15) is 0 Å². The molecule has 104 valence electrons. The molecule has 0 saturated carbocycles. The second kappa shape index (κ2) is 6.90. The van der Waals surface area contributed by atoms with Gasteiger partial charge >= 0.3 is 0 Å². The zero-order chi connectivity index (χ0) is 13.6. The van der Waals surface area contributed by atoms with Crippen LogP contribution in [0.25, 0.3) is 0 Å². The molecule has 1 N–H and O–H groups in total. The van der Waals surface area contributed by atoms with Crippen molar-refractivity contribution in [1.29, 1.82) is 0 Å². The van der Waals surface area contributed by atoms with E-state index < -0.39 is 0 Å². The van der Waals surface area contributed by atoms with Gasteiger partial charge in [0.1, 0.15) is 0 Å². The van der Waals surface area contributed by atoms with Crippen molar-refractivity contribution in [1.82, 2.24) is 14.9 Å². The minimum absolute atomic E-state index is 0.128. The molecule has 0 fully saturated rings. The Hall–Kier alpha value is -0.870. The van der Waals surface area contributed by atoms with Crippen LogP contribution in [-0.4, -0.2) is 28.3 Å². The van der Waals surface area contributed by atoms with Gasteiger partial charge in [0.15, 0.2) is 0 Å². The van der Waals surface area contributed by atoms with E-state index in [1.165, 1.54) is 5.69 Å². The zero-order valence-electron chi connectivity index (χ0n) is 12.4. The van der Waals surface area contributed by atoms with Crippen LogP contribution in [0.5, 0.6) is 0 Å². The SMILES string of the molecule is CC(C)COCCn1cncc1CNC(C)(C)C. The second-order valence-electron chi connectivity index (χ2n) is 6.15. The summed E-state index contributed by atoms with van der Waals surface area (Å²) in [5.74, 6) is 0.592. The summed E-state index contributed by atoms with van der Waals surface area (Å²) < 4.78 is 7.75. The van der Waals surface area contributed by atoms with Crippen molar-refractivity contribution in [3.63, 3.8) is 0 Å². The largest absolute Gasteiger partial charge is 0.379 e. The molecular formula is C14H27N3O. The van der Waals surface area contributed by atoms with E-state index in [1.807, 2.05) is 12.5 Å². The summed E-state index contributed by atoms with van der Waals surface area (Å²) >= 11 is 0. The monoisotopic (exact) mass is 253 g/mol. The number of ether oxygens (including phenoxy) is 1. The van der Waals surface area contributed by atoms with Crippen molar-refractivity contribution < 1.29 is 4.74 Å². The van der Waals surface area contributed by atoms with Crippen LogP contribution in [-0.2, 0) is 17.8 Å². The van der Waals surface area contributed by atoms with Gasteiger partial charge in [0.2, 0.25) is 0 Å². The van der Waals surface area contributed by atoms with Crippen molar-refractivity contribution >= 4 is 0 Å². The molecule has 0 amide bonds. The van der Waals surface area contributed by atoms with E-state index in [0.29, 0.717) is 5.92 Å². The van der Waals surface area contributed by atoms with Crippen molar-refractivity contribution in [2.24, 2.45) is 5.92 Å². The predicted octanol–water partition coefficient (Wildman–Crippen LogP) is 2.44. The maximum Gasteiger partial charge on any atom is 0.0949 e. The molecule has 4 heteroatoms. The van der Waals surface area contributed by atoms with Crippen LogP contribution in [0.2, 0.25) is 0 Å². The van der Waals surface area contributed by atoms with Crippen LogP contribution in [0.4, 0.5) is 0 Å². The molecule has 1 rings (SSSR count). The van der Waals surface area contributed by atoms with Crippen molar-refractivity contribution in [3.8, 4) is 0 Å². The molecule has 0 aliphatic rings. The molecular weight excluding hydrogens is 226 g/mol. The lowest BCUT2D eigenvalue weighted by Crippen LogP contribution is -2.35. The highest BCUT2D eigenvalue weighted by molar-refractivity contribution is 4.98. The van der Waals surface area contributed by atoms with Gasteiger partial charge in [-0.1, -0.05) is 13.8 Å². The molecule has 0 aromatic carbocycles. The Labute approximate surface area is 111 Å². The molecule has 0 saturated heterocycles. The van der Waals surface area contributed by atoms with Crippen LogP contribution in [0, 0.1) is 5.92 Å². The molecule has 0 radical (unpaired) electrons. The standard InChI is InChI=1S/C14H27N3O/c1-12(2)10-18-7-6-17-11-15-8-13(17)9-16-14(3,4)5/h8,11-12,16H,6-7,9-10H2,1-5H3. The Morgan fingerprint density at radius 3 is 2.72 bits per heavy atom. The van der Waals surface area contributed by atoms with Crippen molar-refractivity contribution in [2.45, 2.75) is 53.2 Å². The number of nitrogens with zero attached hydrogens (tertiary/aromatic N) is 2. The van der Waals surface area contributed by atoms with Crippen LogP contribution < -0.4 is 5.32 Å². The fraction of sp³-hybridized carbons (Fsp3) is 0.786. The minimum atomic E-state index is 0.128. The molecule has 1 aromatic heterocycles.